The molecule has 5 heteroatoms. The van der Waals surface area contributed by atoms with Crippen LogP contribution in [-0.2, 0) is 17.8 Å². The van der Waals surface area contributed by atoms with Crippen molar-refractivity contribution in [3.8, 4) is 0 Å². The zero-order chi connectivity index (χ0) is 13.0. The molecular formula is C13H13BrFNOS. The van der Waals surface area contributed by atoms with Crippen LogP contribution < -0.4 is 0 Å². The minimum atomic E-state index is -0.245. The lowest BCUT2D eigenvalue weighted by molar-refractivity contribution is 0.123. The van der Waals surface area contributed by atoms with E-state index in [1.807, 2.05) is 12.4 Å². The number of aromatic nitrogens is 1. The number of halogens is 2. The predicted octanol–water partition coefficient (Wildman–Crippen LogP) is 4.11. The van der Waals surface area contributed by atoms with Crippen molar-refractivity contribution < 1.29 is 9.13 Å². The molecule has 0 bridgehead atoms. The highest BCUT2D eigenvalue weighted by Gasteiger charge is 2.03. The second-order valence-electron chi connectivity index (χ2n) is 3.90. The van der Waals surface area contributed by atoms with Crippen LogP contribution in [0.2, 0.25) is 0 Å². The Bertz CT molecular complexity index is 529. The minimum Gasteiger partial charge on any atom is -0.376 e. The number of benzene rings is 1. The summed E-state index contributed by atoms with van der Waals surface area (Å²) in [5.74, 6) is -0.245. The van der Waals surface area contributed by atoms with Crippen LogP contribution in [-0.4, -0.2) is 11.6 Å². The summed E-state index contributed by atoms with van der Waals surface area (Å²) in [5, 5.41) is 0. The summed E-state index contributed by atoms with van der Waals surface area (Å²) >= 11 is 4.97. The van der Waals surface area contributed by atoms with Gasteiger partial charge < -0.3 is 4.74 Å². The van der Waals surface area contributed by atoms with E-state index in [1.54, 1.807) is 17.4 Å². The average Bonchev–Trinajstić information content (AvgIpc) is 2.73. The molecule has 1 aromatic heterocycles. The van der Waals surface area contributed by atoms with Crippen LogP contribution in [0.4, 0.5) is 4.39 Å². The van der Waals surface area contributed by atoms with E-state index < -0.39 is 0 Å². The van der Waals surface area contributed by atoms with E-state index in [0.29, 0.717) is 13.2 Å². The van der Waals surface area contributed by atoms with Crippen molar-refractivity contribution >= 4 is 27.3 Å². The lowest BCUT2D eigenvalue weighted by Crippen LogP contribution is -1.99. The van der Waals surface area contributed by atoms with Gasteiger partial charge in [0.2, 0.25) is 0 Å². The number of aryl methyl sites for hydroxylation is 1. The lowest BCUT2D eigenvalue weighted by atomic mass is 10.2. The molecule has 2 rings (SSSR count). The fourth-order valence-corrected chi connectivity index (χ4v) is 2.78. The number of ether oxygens (including phenoxy) is 1. The molecule has 18 heavy (non-hydrogen) atoms. The maximum absolute atomic E-state index is 12.9. The fraction of sp³-hybridized carbons (Fsp3) is 0.308. The molecule has 96 valence electrons. The van der Waals surface area contributed by atoms with Crippen molar-refractivity contribution in [2.75, 3.05) is 6.61 Å². The highest BCUT2D eigenvalue weighted by molar-refractivity contribution is 9.10. The minimum absolute atomic E-state index is 0.245. The van der Waals surface area contributed by atoms with Crippen LogP contribution in [0.5, 0.6) is 0 Å². The Kier molecular flexibility index (Phi) is 4.86. The van der Waals surface area contributed by atoms with Gasteiger partial charge >= 0.3 is 0 Å². The predicted molar refractivity (Wildman–Crippen MR) is 74.3 cm³/mol. The third kappa shape index (κ3) is 3.60. The van der Waals surface area contributed by atoms with E-state index in [1.165, 1.54) is 17.0 Å². The monoisotopic (exact) mass is 329 g/mol. The van der Waals surface area contributed by atoms with E-state index in [4.69, 9.17) is 4.74 Å². The van der Waals surface area contributed by atoms with Crippen LogP contribution in [0.15, 0.2) is 28.2 Å². The maximum Gasteiger partial charge on any atom is 0.124 e. The molecule has 0 spiro atoms. The van der Waals surface area contributed by atoms with Gasteiger partial charge in [0.15, 0.2) is 0 Å². The van der Waals surface area contributed by atoms with E-state index >= 15 is 0 Å². The molecule has 2 nitrogen and oxygen atoms in total. The van der Waals surface area contributed by atoms with Crippen molar-refractivity contribution in [1.82, 2.24) is 4.98 Å². The van der Waals surface area contributed by atoms with Gasteiger partial charge in [0.1, 0.15) is 5.82 Å². The van der Waals surface area contributed by atoms with Crippen LogP contribution in [0.3, 0.4) is 0 Å². The topological polar surface area (TPSA) is 22.1 Å². The quantitative estimate of drug-likeness (QED) is 0.770. The zero-order valence-corrected chi connectivity index (χ0v) is 12.4. The summed E-state index contributed by atoms with van der Waals surface area (Å²) in [4.78, 5) is 5.45. The Labute approximate surface area is 118 Å². The van der Waals surface area contributed by atoms with Crippen LogP contribution in [0.1, 0.15) is 16.1 Å². The first kappa shape index (κ1) is 13.6. The summed E-state index contributed by atoms with van der Waals surface area (Å²) in [6.45, 7) is 3.13. The largest absolute Gasteiger partial charge is 0.376 e. The van der Waals surface area contributed by atoms with Crippen LogP contribution in [0, 0.1) is 12.7 Å². The first-order valence-corrected chi connectivity index (χ1v) is 7.24. The van der Waals surface area contributed by atoms with Crippen molar-refractivity contribution in [1.29, 1.82) is 0 Å². The summed E-state index contributed by atoms with van der Waals surface area (Å²) in [6.07, 6.45) is 0.870. The molecule has 0 atom stereocenters. The Morgan fingerprint density at radius 3 is 2.94 bits per heavy atom. The van der Waals surface area contributed by atoms with Crippen molar-refractivity contribution in [3.05, 3.63) is 50.1 Å². The van der Waals surface area contributed by atoms with Gasteiger partial charge in [-0.3, -0.25) is 0 Å². The highest BCUT2D eigenvalue weighted by atomic mass is 79.9. The first-order chi connectivity index (χ1) is 8.66. The number of hydrogen-bond donors (Lipinski definition) is 0. The van der Waals surface area contributed by atoms with Crippen molar-refractivity contribution in [2.24, 2.45) is 0 Å². The summed E-state index contributed by atoms with van der Waals surface area (Å²) in [5.41, 5.74) is 3.88. The summed E-state index contributed by atoms with van der Waals surface area (Å²) in [6, 6.07) is 4.63. The van der Waals surface area contributed by atoms with Gasteiger partial charge in [-0.2, -0.15) is 0 Å². The first-order valence-electron chi connectivity index (χ1n) is 5.57. The van der Waals surface area contributed by atoms with Gasteiger partial charge in [-0.15, -0.1) is 11.3 Å². The molecule has 0 radical (unpaired) electrons. The molecular weight excluding hydrogens is 317 g/mol. The van der Waals surface area contributed by atoms with E-state index in [2.05, 4.69) is 20.9 Å². The van der Waals surface area contributed by atoms with Gasteiger partial charge in [0, 0.05) is 15.8 Å². The molecule has 0 saturated heterocycles. The third-order valence-electron chi connectivity index (χ3n) is 2.59. The van der Waals surface area contributed by atoms with Gasteiger partial charge in [0.05, 0.1) is 24.4 Å². The Morgan fingerprint density at radius 2 is 2.28 bits per heavy atom. The Hall–Kier alpha value is -0.780. The molecule has 1 aromatic carbocycles. The molecule has 1 heterocycles. The molecule has 0 aliphatic carbocycles. The van der Waals surface area contributed by atoms with Crippen molar-refractivity contribution in [3.63, 3.8) is 0 Å². The summed E-state index contributed by atoms with van der Waals surface area (Å²) < 4.78 is 19.2. The highest BCUT2D eigenvalue weighted by Crippen LogP contribution is 2.19. The number of hydrogen-bond acceptors (Lipinski definition) is 3. The van der Waals surface area contributed by atoms with Gasteiger partial charge in [0.25, 0.3) is 0 Å². The van der Waals surface area contributed by atoms with Crippen LogP contribution >= 0.6 is 27.3 Å². The lowest BCUT2D eigenvalue weighted by Gasteiger charge is -2.06. The van der Waals surface area contributed by atoms with E-state index in [-0.39, 0.29) is 5.82 Å². The SMILES string of the molecule is Cc1ncsc1CCOCc1ccc(F)cc1Br. The molecule has 0 amide bonds. The van der Waals surface area contributed by atoms with Gasteiger partial charge in [-0.25, -0.2) is 9.37 Å². The zero-order valence-electron chi connectivity index (χ0n) is 9.95. The van der Waals surface area contributed by atoms with E-state index in [0.717, 1.165) is 22.2 Å². The molecule has 2 aromatic rings. The van der Waals surface area contributed by atoms with Gasteiger partial charge in [-0.05, 0) is 24.6 Å². The molecule has 0 N–H and O–H groups in total. The Balaban J connectivity index is 1.80. The fourth-order valence-electron chi connectivity index (χ4n) is 1.55. The van der Waals surface area contributed by atoms with Gasteiger partial charge in [-0.1, -0.05) is 22.0 Å². The standard InChI is InChI=1S/C13H13BrFNOS/c1-9-13(18-8-16-9)4-5-17-7-10-2-3-11(15)6-12(10)14/h2-3,6,8H,4-5,7H2,1H3. The normalized spacial score (nSPS) is 10.8. The Morgan fingerprint density at radius 1 is 1.44 bits per heavy atom. The maximum atomic E-state index is 12.9. The third-order valence-corrected chi connectivity index (χ3v) is 4.32. The van der Waals surface area contributed by atoms with E-state index in [9.17, 15) is 4.39 Å². The second-order valence-corrected chi connectivity index (χ2v) is 5.69. The number of thiazole rings is 1. The molecule has 0 fully saturated rings. The molecule has 0 saturated carbocycles. The van der Waals surface area contributed by atoms with Crippen molar-refractivity contribution in [2.45, 2.75) is 20.0 Å². The van der Waals surface area contributed by atoms with Crippen LogP contribution in [0.25, 0.3) is 0 Å². The summed E-state index contributed by atoms with van der Waals surface area (Å²) in [7, 11) is 0. The molecule has 0 unspecified atom stereocenters. The molecule has 0 aliphatic rings. The number of nitrogens with zero attached hydrogens (tertiary/aromatic N) is 1. The number of rotatable bonds is 5. The average molecular weight is 330 g/mol. The smallest absolute Gasteiger partial charge is 0.124 e. The second kappa shape index (κ2) is 6.41. The molecule has 0 aliphatic heterocycles.